The number of aryl methyl sites for hydroxylation is 2. The zero-order chi connectivity index (χ0) is 10.7. The molecule has 0 aliphatic rings. The fraction of sp³-hybridized carbons (Fsp3) is 0.400. The topological polar surface area (TPSA) is 42.7 Å². The van der Waals surface area contributed by atoms with Crippen LogP contribution in [0.2, 0.25) is 0 Å². The third-order valence-electron chi connectivity index (χ3n) is 2.39. The molecule has 2 aromatic heterocycles. The van der Waals surface area contributed by atoms with Gasteiger partial charge >= 0.3 is 0 Å². The summed E-state index contributed by atoms with van der Waals surface area (Å²) in [5.41, 5.74) is 3.83. The first-order valence-electron chi connectivity index (χ1n) is 4.83. The Bertz CT molecular complexity index is 392. The van der Waals surface area contributed by atoms with Crippen molar-refractivity contribution >= 4 is 11.3 Å². The Morgan fingerprint density at radius 2 is 2.27 bits per heavy atom. The first-order chi connectivity index (χ1) is 7.27. The van der Waals surface area contributed by atoms with Crippen LogP contribution in [0.1, 0.15) is 16.8 Å². The van der Waals surface area contributed by atoms with Gasteiger partial charge in [-0.15, -0.1) is 5.10 Å². The van der Waals surface area contributed by atoms with Gasteiger partial charge in [0.05, 0.1) is 11.9 Å². The molecule has 0 saturated heterocycles. The monoisotopic (exact) mass is 222 g/mol. The predicted octanol–water partition coefficient (Wildman–Crippen LogP) is 1.47. The van der Waals surface area contributed by atoms with Gasteiger partial charge in [0, 0.05) is 20.1 Å². The molecule has 4 nitrogen and oxygen atoms in total. The molecule has 2 aromatic rings. The zero-order valence-corrected chi connectivity index (χ0v) is 9.71. The number of nitrogens with zero attached hydrogens (tertiary/aromatic N) is 3. The normalized spacial score (nSPS) is 10.8. The third kappa shape index (κ3) is 2.43. The first kappa shape index (κ1) is 10.3. The fourth-order valence-corrected chi connectivity index (χ4v) is 2.22. The van der Waals surface area contributed by atoms with Crippen molar-refractivity contribution in [1.82, 2.24) is 20.3 Å². The van der Waals surface area contributed by atoms with Crippen LogP contribution >= 0.6 is 11.3 Å². The van der Waals surface area contributed by atoms with E-state index in [-0.39, 0.29) is 0 Å². The fourth-order valence-electron chi connectivity index (χ4n) is 1.36. The lowest BCUT2D eigenvalue weighted by molar-refractivity contribution is 0.616. The average Bonchev–Trinajstić information content (AvgIpc) is 2.78. The van der Waals surface area contributed by atoms with Crippen LogP contribution in [0.3, 0.4) is 0 Å². The Labute approximate surface area is 92.9 Å². The van der Waals surface area contributed by atoms with E-state index < -0.39 is 0 Å². The maximum Gasteiger partial charge on any atom is 0.0738 e. The maximum atomic E-state index is 3.88. The third-order valence-corrected chi connectivity index (χ3v) is 3.30. The van der Waals surface area contributed by atoms with Crippen molar-refractivity contribution in [2.45, 2.75) is 20.0 Å². The smallest absolute Gasteiger partial charge is 0.0738 e. The number of hydrogen-bond donors (Lipinski definition) is 1. The lowest BCUT2D eigenvalue weighted by Crippen LogP contribution is -2.15. The van der Waals surface area contributed by atoms with Crippen molar-refractivity contribution in [3.63, 3.8) is 0 Å². The number of aromatic nitrogens is 3. The van der Waals surface area contributed by atoms with Crippen LogP contribution in [0.4, 0.5) is 0 Å². The molecule has 1 N–H and O–H groups in total. The summed E-state index contributed by atoms with van der Waals surface area (Å²) < 4.78 is 1.79. The summed E-state index contributed by atoms with van der Waals surface area (Å²) in [4.78, 5) is 0. The van der Waals surface area contributed by atoms with Crippen molar-refractivity contribution in [3.8, 4) is 0 Å². The van der Waals surface area contributed by atoms with Gasteiger partial charge in [0.15, 0.2) is 0 Å². The molecule has 0 saturated carbocycles. The molecular formula is C10H14N4S. The van der Waals surface area contributed by atoms with Crippen LogP contribution in [0.15, 0.2) is 17.0 Å². The van der Waals surface area contributed by atoms with Gasteiger partial charge in [-0.3, -0.25) is 4.68 Å². The molecule has 0 atom stereocenters. The molecule has 0 unspecified atom stereocenters. The van der Waals surface area contributed by atoms with Gasteiger partial charge in [-0.25, -0.2) is 0 Å². The summed E-state index contributed by atoms with van der Waals surface area (Å²) >= 11 is 1.75. The first-order valence-corrected chi connectivity index (χ1v) is 5.77. The van der Waals surface area contributed by atoms with Crippen LogP contribution in [-0.4, -0.2) is 15.0 Å². The molecule has 2 rings (SSSR count). The molecule has 0 aliphatic carbocycles. The Kier molecular flexibility index (Phi) is 3.13. The van der Waals surface area contributed by atoms with Crippen LogP contribution < -0.4 is 5.32 Å². The summed E-state index contributed by atoms with van der Waals surface area (Å²) in [7, 11) is 1.90. The van der Waals surface area contributed by atoms with Crippen LogP contribution in [-0.2, 0) is 20.1 Å². The quantitative estimate of drug-likeness (QED) is 0.852. The van der Waals surface area contributed by atoms with E-state index in [0.29, 0.717) is 0 Å². The summed E-state index contributed by atoms with van der Waals surface area (Å²) in [6.45, 7) is 3.85. The molecule has 0 amide bonds. The molecule has 0 spiro atoms. The van der Waals surface area contributed by atoms with Gasteiger partial charge in [-0.2, -0.15) is 11.3 Å². The van der Waals surface area contributed by atoms with E-state index in [2.05, 4.69) is 33.3 Å². The molecule has 0 aromatic carbocycles. The van der Waals surface area contributed by atoms with Gasteiger partial charge in [-0.1, -0.05) is 5.21 Å². The van der Waals surface area contributed by atoms with E-state index in [4.69, 9.17) is 0 Å². The van der Waals surface area contributed by atoms with Gasteiger partial charge < -0.3 is 5.32 Å². The lowest BCUT2D eigenvalue weighted by Gasteiger charge is -2.03. The molecule has 0 fully saturated rings. The molecule has 15 heavy (non-hydrogen) atoms. The van der Waals surface area contributed by atoms with Gasteiger partial charge in [-0.05, 0) is 28.8 Å². The minimum atomic E-state index is 0.804. The highest BCUT2D eigenvalue weighted by Gasteiger charge is 2.01. The highest BCUT2D eigenvalue weighted by molar-refractivity contribution is 7.08. The van der Waals surface area contributed by atoms with Crippen molar-refractivity contribution in [3.05, 3.63) is 33.8 Å². The van der Waals surface area contributed by atoms with E-state index in [1.165, 1.54) is 11.1 Å². The SMILES string of the molecule is Cc1cscc1CNCc1cnnn1C. The summed E-state index contributed by atoms with van der Waals surface area (Å²) in [6, 6.07) is 0. The number of thiophene rings is 1. The number of hydrogen-bond acceptors (Lipinski definition) is 4. The predicted molar refractivity (Wildman–Crippen MR) is 60.6 cm³/mol. The molecule has 80 valence electrons. The molecule has 2 heterocycles. The second kappa shape index (κ2) is 4.55. The summed E-state index contributed by atoms with van der Waals surface area (Å²) in [5.74, 6) is 0. The van der Waals surface area contributed by atoms with E-state index >= 15 is 0 Å². The molecule has 0 bridgehead atoms. The van der Waals surface area contributed by atoms with Crippen LogP contribution in [0.25, 0.3) is 0 Å². The van der Waals surface area contributed by atoms with Gasteiger partial charge in [0.25, 0.3) is 0 Å². The summed E-state index contributed by atoms with van der Waals surface area (Å²) in [5, 5.41) is 15.4. The molecule has 5 heteroatoms. The Balaban J connectivity index is 1.86. The van der Waals surface area contributed by atoms with E-state index in [1.807, 2.05) is 7.05 Å². The Hall–Kier alpha value is -1.20. The van der Waals surface area contributed by atoms with E-state index in [9.17, 15) is 0 Å². The Morgan fingerprint density at radius 3 is 2.87 bits per heavy atom. The van der Waals surface area contributed by atoms with Crippen molar-refractivity contribution in [1.29, 1.82) is 0 Å². The highest BCUT2D eigenvalue weighted by Crippen LogP contribution is 2.13. The minimum absolute atomic E-state index is 0.804. The van der Waals surface area contributed by atoms with Crippen LogP contribution in [0, 0.1) is 6.92 Å². The van der Waals surface area contributed by atoms with E-state index in [0.717, 1.165) is 18.8 Å². The van der Waals surface area contributed by atoms with Crippen molar-refractivity contribution < 1.29 is 0 Å². The lowest BCUT2D eigenvalue weighted by atomic mass is 10.2. The van der Waals surface area contributed by atoms with Crippen molar-refractivity contribution in [2.24, 2.45) is 7.05 Å². The zero-order valence-electron chi connectivity index (χ0n) is 8.90. The molecule has 0 radical (unpaired) electrons. The average molecular weight is 222 g/mol. The molecule has 0 aliphatic heterocycles. The minimum Gasteiger partial charge on any atom is -0.307 e. The summed E-state index contributed by atoms with van der Waals surface area (Å²) in [6.07, 6.45) is 1.79. The standard InChI is InChI=1S/C10H14N4S/c1-8-6-15-7-9(8)3-11-4-10-5-12-13-14(10)2/h5-7,11H,3-4H2,1-2H3. The maximum absolute atomic E-state index is 3.88. The van der Waals surface area contributed by atoms with E-state index in [1.54, 1.807) is 22.2 Å². The van der Waals surface area contributed by atoms with Crippen molar-refractivity contribution in [2.75, 3.05) is 0 Å². The second-order valence-corrected chi connectivity index (χ2v) is 4.28. The number of nitrogens with one attached hydrogen (secondary N) is 1. The molecular weight excluding hydrogens is 208 g/mol. The van der Waals surface area contributed by atoms with Gasteiger partial charge in [0.1, 0.15) is 0 Å². The highest BCUT2D eigenvalue weighted by atomic mass is 32.1. The second-order valence-electron chi connectivity index (χ2n) is 3.53. The Morgan fingerprint density at radius 1 is 1.40 bits per heavy atom. The number of rotatable bonds is 4. The van der Waals surface area contributed by atoms with Gasteiger partial charge in [0.2, 0.25) is 0 Å². The van der Waals surface area contributed by atoms with Crippen LogP contribution in [0.5, 0.6) is 0 Å². The largest absolute Gasteiger partial charge is 0.307 e.